The van der Waals surface area contributed by atoms with Gasteiger partial charge in [-0.05, 0) is 24.5 Å². The van der Waals surface area contributed by atoms with Crippen LogP contribution in [0, 0.1) is 18.8 Å². The van der Waals surface area contributed by atoms with E-state index in [1.165, 1.54) is 0 Å². The molecule has 1 aliphatic heterocycles. The summed E-state index contributed by atoms with van der Waals surface area (Å²) in [6.45, 7) is 7.30. The van der Waals surface area contributed by atoms with Gasteiger partial charge in [-0.15, -0.1) is 0 Å². The monoisotopic (exact) mass is 275 g/mol. The Morgan fingerprint density at radius 1 is 1.50 bits per heavy atom. The second-order valence-corrected chi connectivity index (χ2v) is 5.80. The minimum absolute atomic E-state index is 0.0655. The minimum atomic E-state index is -0.274. The lowest BCUT2D eigenvalue weighted by Crippen LogP contribution is -2.31. The zero-order valence-corrected chi connectivity index (χ0v) is 12.2. The van der Waals surface area contributed by atoms with Crippen LogP contribution in [0.25, 0.3) is 0 Å². The fourth-order valence-corrected chi connectivity index (χ4v) is 2.34. The molecule has 0 spiro atoms. The maximum absolute atomic E-state index is 12.1. The van der Waals surface area contributed by atoms with E-state index < -0.39 is 0 Å². The van der Waals surface area contributed by atoms with Gasteiger partial charge in [-0.1, -0.05) is 19.9 Å². The summed E-state index contributed by atoms with van der Waals surface area (Å²) >= 11 is 0. The summed E-state index contributed by atoms with van der Waals surface area (Å²) in [5.41, 5.74) is 1.04. The molecule has 1 atom stereocenters. The van der Waals surface area contributed by atoms with E-state index in [1.807, 2.05) is 13.0 Å². The standard InChI is InChI=1S/C15H21N3O2/c1-10(2)8-18-9-12(6-14(18)19)15(20)17-13-5-4-11(3)7-16-13/h4-5,7,10,12H,6,8-9H2,1-3H3,(H,16,17,20)/t12-/m0/s1. The lowest BCUT2D eigenvalue weighted by molar-refractivity contribution is -0.128. The molecule has 5 nitrogen and oxygen atoms in total. The number of anilines is 1. The van der Waals surface area contributed by atoms with Crippen molar-refractivity contribution in [1.82, 2.24) is 9.88 Å². The third-order valence-corrected chi connectivity index (χ3v) is 3.33. The van der Waals surface area contributed by atoms with Crippen molar-refractivity contribution in [2.75, 3.05) is 18.4 Å². The number of carbonyl (C=O) groups is 2. The van der Waals surface area contributed by atoms with Crippen molar-refractivity contribution in [2.45, 2.75) is 27.2 Å². The molecule has 0 aliphatic carbocycles. The molecule has 1 N–H and O–H groups in total. The van der Waals surface area contributed by atoms with E-state index in [0.29, 0.717) is 31.2 Å². The van der Waals surface area contributed by atoms with Gasteiger partial charge in [0.1, 0.15) is 5.82 Å². The van der Waals surface area contributed by atoms with Crippen LogP contribution in [0.2, 0.25) is 0 Å². The first-order valence-corrected chi connectivity index (χ1v) is 6.97. The molecule has 2 amide bonds. The van der Waals surface area contributed by atoms with Crippen molar-refractivity contribution in [3.8, 4) is 0 Å². The van der Waals surface area contributed by atoms with Gasteiger partial charge in [-0.3, -0.25) is 9.59 Å². The average Bonchev–Trinajstić information content (AvgIpc) is 2.73. The van der Waals surface area contributed by atoms with E-state index in [0.717, 1.165) is 5.56 Å². The van der Waals surface area contributed by atoms with Gasteiger partial charge in [0.2, 0.25) is 11.8 Å². The Morgan fingerprint density at radius 3 is 2.85 bits per heavy atom. The molecule has 5 heteroatoms. The van der Waals surface area contributed by atoms with Crippen LogP contribution in [0.15, 0.2) is 18.3 Å². The average molecular weight is 275 g/mol. The summed E-state index contributed by atoms with van der Waals surface area (Å²) in [7, 11) is 0. The van der Waals surface area contributed by atoms with Gasteiger partial charge in [0.15, 0.2) is 0 Å². The molecule has 1 aromatic heterocycles. The van der Waals surface area contributed by atoms with Crippen LogP contribution in [0.5, 0.6) is 0 Å². The minimum Gasteiger partial charge on any atom is -0.342 e. The number of carbonyl (C=O) groups excluding carboxylic acids is 2. The Balaban J connectivity index is 1.94. The molecule has 1 fully saturated rings. The number of aryl methyl sites for hydroxylation is 1. The maximum atomic E-state index is 12.1. The Hall–Kier alpha value is -1.91. The van der Waals surface area contributed by atoms with E-state index in [-0.39, 0.29) is 17.7 Å². The SMILES string of the molecule is Cc1ccc(NC(=O)[C@H]2CC(=O)N(CC(C)C)C2)nc1. The molecule has 0 unspecified atom stereocenters. The number of amides is 2. The summed E-state index contributed by atoms with van der Waals surface area (Å²) in [4.78, 5) is 29.9. The summed E-state index contributed by atoms with van der Waals surface area (Å²) in [5, 5.41) is 2.78. The van der Waals surface area contributed by atoms with Gasteiger partial charge in [0.25, 0.3) is 0 Å². The van der Waals surface area contributed by atoms with Crippen LogP contribution in [0.4, 0.5) is 5.82 Å². The molecule has 2 rings (SSSR count). The highest BCUT2D eigenvalue weighted by Gasteiger charge is 2.34. The van der Waals surface area contributed by atoms with Gasteiger partial charge in [-0.25, -0.2) is 4.98 Å². The van der Waals surface area contributed by atoms with Crippen LogP contribution < -0.4 is 5.32 Å². The largest absolute Gasteiger partial charge is 0.342 e. The van der Waals surface area contributed by atoms with E-state index in [9.17, 15) is 9.59 Å². The quantitative estimate of drug-likeness (QED) is 0.912. The molecular formula is C15H21N3O2. The van der Waals surface area contributed by atoms with Crippen LogP contribution in [-0.4, -0.2) is 34.8 Å². The summed E-state index contributed by atoms with van der Waals surface area (Å²) in [6.07, 6.45) is 2.00. The number of aromatic nitrogens is 1. The van der Waals surface area contributed by atoms with Crippen molar-refractivity contribution in [2.24, 2.45) is 11.8 Å². The summed E-state index contributed by atoms with van der Waals surface area (Å²) in [6, 6.07) is 3.67. The van der Waals surface area contributed by atoms with E-state index >= 15 is 0 Å². The fourth-order valence-electron chi connectivity index (χ4n) is 2.34. The molecule has 1 aromatic rings. The number of pyridine rings is 1. The molecule has 1 aliphatic rings. The first-order chi connectivity index (χ1) is 9.45. The van der Waals surface area contributed by atoms with Crippen molar-refractivity contribution in [3.63, 3.8) is 0 Å². The van der Waals surface area contributed by atoms with E-state index in [1.54, 1.807) is 17.2 Å². The third-order valence-electron chi connectivity index (χ3n) is 3.33. The highest BCUT2D eigenvalue weighted by atomic mass is 16.2. The second kappa shape index (κ2) is 6.03. The number of rotatable bonds is 4. The van der Waals surface area contributed by atoms with Crippen molar-refractivity contribution in [1.29, 1.82) is 0 Å². The van der Waals surface area contributed by atoms with Gasteiger partial charge in [0.05, 0.1) is 5.92 Å². The van der Waals surface area contributed by atoms with Crippen LogP contribution in [0.3, 0.4) is 0 Å². The number of likely N-dealkylation sites (tertiary alicyclic amines) is 1. The highest BCUT2D eigenvalue weighted by Crippen LogP contribution is 2.20. The first-order valence-electron chi connectivity index (χ1n) is 6.97. The van der Waals surface area contributed by atoms with E-state index in [2.05, 4.69) is 24.1 Å². The zero-order valence-electron chi connectivity index (χ0n) is 12.2. The topological polar surface area (TPSA) is 62.3 Å². The highest BCUT2D eigenvalue weighted by molar-refractivity contribution is 5.96. The van der Waals surface area contributed by atoms with E-state index in [4.69, 9.17) is 0 Å². The molecular weight excluding hydrogens is 254 g/mol. The molecule has 2 heterocycles. The predicted octanol–water partition coefficient (Wildman–Crippen LogP) is 1.83. The predicted molar refractivity (Wildman–Crippen MR) is 77.1 cm³/mol. The van der Waals surface area contributed by atoms with Crippen molar-refractivity contribution >= 4 is 17.6 Å². The van der Waals surface area contributed by atoms with Crippen molar-refractivity contribution < 1.29 is 9.59 Å². The van der Waals surface area contributed by atoms with Gasteiger partial charge in [0, 0.05) is 25.7 Å². The Bertz CT molecular complexity index is 496. The van der Waals surface area contributed by atoms with Gasteiger partial charge in [-0.2, -0.15) is 0 Å². The lowest BCUT2D eigenvalue weighted by atomic mass is 10.1. The van der Waals surface area contributed by atoms with Crippen molar-refractivity contribution in [3.05, 3.63) is 23.9 Å². The molecule has 20 heavy (non-hydrogen) atoms. The zero-order chi connectivity index (χ0) is 14.7. The van der Waals surface area contributed by atoms with Crippen LogP contribution in [0.1, 0.15) is 25.8 Å². The summed E-state index contributed by atoms with van der Waals surface area (Å²) in [5.74, 6) is 0.621. The number of hydrogen-bond donors (Lipinski definition) is 1. The van der Waals surface area contributed by atoms with Crippen LogP contribution in [-0.2, 0) is 9.59 Å². The Morgan fingerprint density at radius 2 is 2.25 bits per heavy atom. The number of hydrogen-bond acceptors (Lipinski definition) is 3. The second-order valence-electron chi connectivity index (χ2n) is 5.80. The molecule has 0 bridgehead atoms. The molecule has 0 aromatic carbocycles. The van der Waals surface area contributed by atoms with Gasteiger partial charge >= 0.3 is 0 Å². The normalized spacial score (nSPS) is 18.7. The fraction of sp³-hybridized carbons (Fsp3) is 0.533. The molecule has 108 valence electrons. The molecule has 0 saturated carbocycles. The number of nitrogens with one attached hydrogen (secondary N) is 1. The maximum Gasteiger partial charge on any atom is 0.230 e. The Labute approximate surface area is 119 Å². The third kappa shape index (κ3) is 3.56. The number of nitrogens with zero attached hydrogens (tertiary/aromatic N) is 2. The molecule has 1 saturated heterocycles. The Kier molecular flexibility index (Phi) is 4.37. The lowest BCUT2D eigenvalue weighted by Gasteiger charge is -2.18. The van der Waals surface area contributed by atoms with Gasteiger partial charge < -0.3 is 10.2 Å². The summed E-state index contributed by atoms with van der Waals surface area (Å²) < 4.78 is 0. The van der Waals surface area contributed by atoms with Crippen LogP contribution >= 0.6 is 0 Å². The molecule has 0 radical (unpaired) electrons. The smallest absolute Gasteiger partial charge is 0.230 e. The first kappa shape index (κ1) is 14.5.